The molecule has 3 N–H and O–H groups in total. The van der Waals surface area contributed by atoms with Crippen LogP contribution in [0.2, 0.25) is 0 Å². The lowest BCUT2D eigenvalue weighted by atomic mass is 9.88. The van der Waals surface area contributed by atoms with E-state index in [1.807, 2.05) is 18.2 Å². The van der Waals surface area contributed by atoms with Crippen LogP contribution >= 0.6 is 0 Å². The summed E-state index contributed by atoms with van der Waals surface area (Å²) in [6.07, 6.45) is 4.67. The summed E-state index contributed by atoms with van der Waals surface area (Å²) in [7, 11) is 0. The van der Waals surface area contributed by atoms with Gasteiger partial charge in [0.15, 0.2) is 0 Å². The van der Waals surface area contributed by atoms with Crippen molar-refractivity contribution in [2.45, 2.75) is 45.4 Å². The van der Waals surface area contributed by atoms with Crippen molar-refractivity contribution in [1.29, 1.82) is 0 Å². The molecular weight excluding hydrogens is 270 g/mol. The topological polar surface area (TPSA) is 46.2 Å². The SMILES string of the molecule is CCCC(c1ccccc1)c1ccc(O)cc1.CCCCN. The van der Waals surface area contributed by atoms with Crippen LogP contribution in [0.1, 0.15) is 56.6 Å². The number of unbranched alkanes of at least 4 members (excludes halogenated alkanes) is 1. The van der Waals surface area contributed by atoms with E-state index in [9.17, 15) is 5.11 Å². The van der Waals surface area contributed by atoms with Gasteiger partial charge in [-0.1, -0.05) is 69.2 Å². The van der Waals surface area contributed by atoms with E-state index in [1.54, 1.807) is 12.1 Å². The third kappa shape index (κ3) is 6.31. The first-order valence-corrected chi connectivity index (χ1v) is 8.26. The van der Waals surface area contributed by atoms with Gasteiger partial charge in [-0.3, -0.25) is 0 Å². The summed E-state index contributed by atoms with van der Waals surface area (Å²) in [5, 5.41) is 9.34. The number of phenolic OH excluding ortho intramolecular Hbond substituents is 1. The van der Waals surface area contributed by atoms with Crippen LogP contribution in [0.5, 0.6) is 5.75 Å². The molecule has 2 aromatic rings. The Morgan fingerprint density at radius 1 is 0.864 bits per heavy atom. The van der Waals surface area contributed by atoms with Crippen molar-refractivity contribution in [2.24, 2.45) is 5.73 Å². The minimum absolute atomic E-state index is 0.331. The second-order valence-corrected chi connectivity index (χ2v) is 5.49. The Kier molecular flexibility index (Phi) is 9.01. The van der Waals surface area contributed by atoms with Gasteiger partial charge in [0.2, 0.25) is 0 Å². The summed E-state index contributed by atoms with van der Waals surface area (Å²) in [6.45, 7) is 5.18. The first kappa shape index (κ1) is 18.2. The van der Waals surface area contributed by atoms with Gasteiger partial charge in [0.1, 0.15) is 5.75 Å². The van der Waals surface area contributed by atoms with Crippen molar-refractivity contribution >= 4 is 0 Å². The van der Waals surface area contributed by atoms with Crippen molar-refractivity contribution in [3.05, 3.63) is 65.7 Å². The van der Waals surface area contributed by atoms with Gasteiger partial charge in [-0.25, -0.2) is 0 Å². The summed E-state index contributed by atoms with van der Waals surface area (Å²) in [6, 6.07) is 18.1. The van der Waals surface area contributed by atoms with E-state index in [-0.39, 0.29) is 0 Å². The van der Waals surface area contributed by atoms with Crippen LogP contribution in [0, 0.1) is 0 Å². The predicted molar refractivity (Wildman–Crippen MR) is 95.3 cm³/mol. The quantitative estimate of drug-likeness (QED) is 0.782. The van der Waals surface area contributed by atoms with E-state index < -0.39 is 0 Å². The zero-order valence-corrected chi connectivity index (χ0v) is 13.8. The van der Waals surface area contributed by atoms with Gasteiger partial charge in [0.25, 0.3) is 0 Å². The van der Waals surface area contributed by atoms with Gasteiger partial charge in [-0.2, -0.15) is 0 Å². The maximum absolute atomic E-state index is 9.34. The number of phenols is 1. The fourth-order valence-electron chi connectivity index (χ4n) is 2.41. The summed E-state index contributed by atoms with van der Waals surface area (Å²) in [5.41, 5.74) is 7.76. The normalized spacial score (nSPS) is 11.4. The number of hydrogen-bond donors (Lipinski definition) is 2. The Morgan fingerprint density at radius 2 is 1.45 bits per heavy atom. The molecule has 0 heterocycles. The smallest absolute Gasteiger partial charge is 0.115 e. The summed E-state index contributed by atoms with van der Waals surface area (Å²) in [5.74, 6) is 0.763. The summed E-state index contributed by atoms with van der Waals surface area (Å²) in [4.78, 5) is 0. The number of hydrogen-bond acceptors (Lipinski definition) is 2. The molecule has 0 fully saturated rings. The average Bonchev–Trinajstić information content (AvgIpc) is 2.56. The molecule has 0 bridgehead atoms. The van der Waals surface area contributed by atoms with E-state index in [1.165, 1.54) is 24.0 Å². The molecule has 1 unspecified atom stereocenters. The highest BCUT2D eigenvalue weighted by atomic mass is 16.3. The molecule has 0 aromatic heterocycles. The molecule has 0 spiro atoms. The number of aromatic hydroxyl groups is 1. The van der Waals surface area contributed by atoms with Crippen molar-refractivity contribution in [1.82, 2.24) is 0 Å². The number of benzene rings is 2. The second-order valence-electron chi connectivity index (χ2n) is 5.49. The Morgan fingerprint density at radius 3 is 1.91 bits per heavy atom. The predicted octanol–water partition coefficient (Wildman–Crippen LogP) is 5.07. The summed E-state index contributed by atoms with van der Waals surface area (Å²) >= 11 is 0. The van der Waals surface area contributed by atoms with Crippen LogP contribution in [0.4, 0.5) is 0 Å². The van der Waals surface area contributed by atoms with Crippen LogP contribution in [-0.4, -0.2) is 11.7 Å². The number of rotatable bonds is 6. The van der Waals surface area contributed by atoms with Crippen LogP contribution in [0.3, 0.4) is 0 Å². The molecule has 0 aliphatic carbocycles. The molecule has 0 aliphatic heterocycles. The molecule has 0 saturated carbocycles. The first-order valence-electron chi connectivity index (χ1n) is 8.26. The standard InChI is InChI=1S/C16H18O.C4H11N/c1-2-6-16(13-7-4-3-5-8-13)14-9-11-15(17)12-10-14;1-2-3-4-5/h3-5,7-12,16-17H,2,6H2,1H3;2-5H2,1H3. The zero-order chi connectivity index (χ0) is 16.2. The number of nitrogens with two attached hydrogens (primary N) is 1. The zero-order valence-electron chi connectivity index (χ0n) is 13.8. The fraction of sp³-hybridized carbons (Fsp3) is 0.400. The molecule has 0 saturated heterocycles. The van der Waals surface area contributed by atoms with Crippen molar-refractivity contribution < 1.29 is 5.11 Å². The van der Waals surface area contributed by atoms with Crippen LogP contribution in [0.25, 0.3) is 0 Å². The van der Waals surface area contributed by atoms with E-state index in [0.717, 1.165) is 19.4 Å². The van der Waals surface area contributed by atoms with E-state index in [2.05, 4.69) is 38.1 Å². The largest absolute Gasteiger partial charge is 0.508 e. The lowest BCUT2D eigenvalue weighted by Crippen LogP contribution is -2.00. The van der Waals surface area contributed by atoms with Gasteiger partial charge in [-0.15, -0.1) is 0 Å². The molecule has 120 valence electrons. The fourth-order valence-corrected chi connectivity index (χ4v) is 2.41. The summed E-state index contributed by atoms with van der Waals surface area (Å²) < 4.78 is 0. The minimum atomic E-state index is 0.331. The van der Waals surface area contributed by atoms with Gasteiger partial charge in [0.05, 0.1) is 0 Å². The van der Waals surface area contributed by atoms with Crippen LogP contribution < -0.4 is 5.73 Å². The molecule has 2 heteroatoms. The van der Waals surface area contributed by atoms with Crippen molar-refractivity contribution in [2.75, 3.05) is 6.54 Å². The monoisotopic (exact) mass is 299 g/mol. The molecule has 2 aromatic carbocycles. The van der Waals surface area contributed by atoms with Crippen molar-refractivity contribution in [3.63, 3.8) is 0 Å². The Balaban J connectivity index is 0.000000422. The van der Waals surface area contributed by atoms with Gasteiger partial charge >= 0.3 is 0 Å². The molecule has 0 aliphatic rings. The molecule has 1 atom stereocenters. The van der Waals surface area contributed by atoms with E-state index in [0.29, 0.717) is 11.7 Å². The molecule has 2 rings (SSSR count). The highest BCUT2D eigenvalue weighted by Gasteiger charge is 2.12. The Hall–Kier alpha value is -1.80. The van der Waals surface area contributed by atoms with Gasteiger partial charge in [-0.05, 0) is 42.6 Å². The maximum atomic E-state index is 9.34. The van der Waals surface area contributed by atoms with E-state index >= 15 is 0 Å². The molecule has 0 radical (unpaired) electrons. The molecule has 0 amide bonds. The average molecular weight is 299 g/mol. The Bertz CT molecular complexity index is 491. The lowest BCUT2D eigenvalue weighted by Gasteiger charge is -2.17. The van der Waals surface area contributed by atoms with E-state index in [4.69, 9.17) is 5.73 Å². The van der Waals surface area contributed by atoms with Crippen LogP contribution in [-0.2, 0) is 0 Å². The minimum Gasteiger partial charge on any atom is -0.508 e. The molecule has 2 nitrogen and oxygen atoms in total. The third-order valence-corrected chi connectivity index (χ3v) is 3.63. The second kappa shape index (κ2) is 10.9. The Labute approximate surface area is 135 Å². The highest BCUT2D eigenvalue weighted by Crippen LogP contribution is 2.29. The van der Waals surface area contributed by atoms with Crippen molar-refractivity contribution in [3.8, 4) is 5.75 Å². The lowest BCUT2D eigenvalue weighted by molar-refractivity contribution is 0.475. The molecule has 22 heavy (non-hydrogen) atoms. The first-order chi connectivity index (χ1) is 10.7. The van der Waals surface area contributed by atoms with Gasteiger partial charge in [0, 0.05) is 5.92 Å². The van der Waals surface area contributed by atoms with Gasteiger partial charge < -0.3 is 10.8 Å². The maximum Gasteiger partial charge on any atom is 0.115 e. The highest BCUT2D eigenvalue weighted by molar-refractivity contribution is 5.35. The molecular formula is C20H29NO. The van der Waals surface area contributed by atoms with Crippen LogP contribution in [0.15, 0.2) is 54.6 Å². The third-order valence-electron chi connectivity index (χ3n) is 3.63.